The number of aliphatic carboxylic acids is 2. The van der Waals surface area contributed by atoms with Crippen LogP contribution < -0.4 is 0 Å². The summed E-state index contributed by atoms with van der Waals surface area (Å²) >= 11 is 0. The Balaban J connectivity index is 5.43. The van der Waals surface area contributed by atoms with E-state index in [0.29, 0.717) is 12.5 Å². The molecule has 0 aromatic heterocycles. The molecule has 0 aliphatic heterocycles. The van der Waals surface area contributed by atoms with Crippen LogP contribution in [0.5, 0.6) is 0 Å². The third kappa shape index (κ3) is 9.81. The van der Waals surface area contributed by atoms with Gasteiger partial charge in [-0.05, 0) is 70.6 Å². The first-order valence-electron chi connectivity index (χ1n) is 9.07. The van der Waals surface area contributed by atoms with Gasteiger partial charge in [0.25, 0.3) is 0 Å². The number of rotatable bonds is 11. The maximum atomic E-state index is 11.6. The molecule has 0 radical (unpaired) electrons. The Bertz CT molecular complexity index is 528. The Kier molecular flexibility index (Phi) is 9.18. The molecule has 2 N–H and O–H groups in total. The summed E-state index contributed by atoms with van der Waals surface area (Å²) in [6, 6.07) is 0.656. The fraction of sp³-hybridized carbons (Fsp3) is 0.765. The summed E-state index contributed by atoms with van der Waals surface area (Å²) in [4.78, 5) is 23.1. The number of hydrogen-bond acceptors (Lipinski definition) is 4. The molecule has 26 heavy (non-hydrogen) atoms. The van der Waals surface area contributed by atoms with E-state index in [9.17, 15) is 19.8 Å². The molecule has 9 heteroatoms. The number of carboxylic acid groups (broad SMARTS) is 2. The van der Waals surface area contributed by atoms with Crippen LogP contribution in [0.4, 0.5) is 0 Å². The van der Waals surface area contributed by atoms with E-state index in [2.05, 4.69) is 39.3 Å². The topological polar surface area (TPSA) is 93.1 Å². The van der Waals surface area contributed by atoms with Crippen LogP contribution in [0.15, 0.2) is 11.1 Å². The Hall–Kier alpha value is -0.749. The molecule has 6 nitrogen and oxygen atoms in total. The zero-order valence-corrected chi connectivity index (χ0v) is 20.7. The van der Waals surface area contributed by atoms with Crippen LogP contribution in [-0.2, 0) is 17.8 Å². The largest absolute Gasteiger partial charge is 0.478 e. The quantitative estimate of drug-likeness (QED) is 0.373. The molecule has 0 fully saturated rings. The fourth-order valence-electron chi connectivity index (χ4n) is 3.09. The lowest BCUT2D eigenvalue weighted by Gasteiger charge is -2.38. The summed E-state index contributed by atoms with van der Waals surface area (Å²) in [6.07, 6.45) is 0.755. The summed E-state index contributed by atoms with van der Waals surface area (Å²) in [6.45, 7) is 18.2. The molecule has 152 valence electrons. The summed E-state index contributed by atoms with van der Waals surface area (Å²) < 4.78 is 12.8. The Labute approximate surface area is 161 Å². The SMILES string of the molecule is CC(C)/C(C(=O)O)=C(/CCC[Si](C)(O[Si](C)(C)C)O[Si](C)(C)C)C(=O)O. The molecule has 0 saturated carbocycles. The summed E-state index contributed by atoms with van der Waals surface area (Å²) in [5.74, 6) is -2.66. The minimum absolute atomic E-state index is 0.00939. The molecule has 0 aliphatic rings. The smallest absolute Gasteiger partial charge is 0.332 e. The van der Waals surface area contributed by atoms with Crippen LogP contribution in [0.25, 0.3) is 0 Å². The van der Waals surface area contributed by atoms with Crippen LogP contribution in [-0.4, -0.2) is 47.3 Å². The monoisotopic (exact) mass is 420 g/mol. The van der Waals surface area contributed by atoms with Gasteiger partial charge in [0.2, 0.25) is 0 Å². The Morgan fingerprint density at radius 3 is 1.54 bits per heavy atom. The van der Waals surface area contributed by atoms with Gasteiger partial charge >= 0.3 is 20.5 Å². The van der Waals surface area contributed by atoms with Gasteiger partial charge in [-0.15, -0.1) is 0 Å². The van der Waals surface area contributed by atoms with Crippen LogP contribution in [0.3, 0.4) is 0 Å². The lowest BCUT2D eigenvalue weighted by atomic mass is 9.94. The molecule has 0 saturated heterocycles. The highest BCUT2D eigenvalue weighted by Gasteiger charge is 2.40. The van der Waals surface area contributed by atoms with Gasteiger partial charge in [-0.25, -0.2) is 9.59 Å². The van der Waals surface area contributed by atoms with Gasteiger partial charge in [-0.1, -0.05) is 13.8 Å². The predicted octanol–water partition coefficient (Wildman–Crippen LogP) is 4.66. The average molecular weight is 421 g/mol. The fourth-order valence-corrected chi connectivity index (χ4v) is 15.6. The highest BCUT2D eigenvalue weighted by molar-refractivity contribution is 6.87. The van der Waals surface area contributed by atoms with Crippen molar-refractivity contribution in [2.45, 2.75) is 78.6 Å². The molecule has 0 aromatic carbocycles. The van der Waals surface area contributed by atoms with Crippen molar-refractivity contribution in [3.8, 4) is 0 Å². The second-order valence-corrected chi connectivity index (χ2v) is 21.9. The van der Waals surface area contributed by atoms with Gasteiger partial charge in [0.15, 0.2) is 16.6 Å². The van der Waals surface area contributed by atoms with Gasteiger partial charge in [0.1, 0.15) is 0 Å². The molecular formula is C17H36O6Si3. The van der Waals surface area contributed by atoms with E-state index in [4.69, 9.17) is 8.23 Å². The molecule has 0 unspecified atom stereocenters. The van der Waals surface area contributed by atoms with Crippen LogP contribution >= 0.6 is 0 Å². The van der Waals surface area contributed by atoms with Gasteiger partial charge in [-0.3, -0.25) is 0 Å². The summed E-state index contributed by atoms with van der Waals surface area (Å²) in [5, 5.41) is 18.9. The Morgan fingerprint density at radius 1 is 0.846 bits per heavy atom. The highest BCUT2D eigenvalue weighted by atomic mass is 28.5. The van der Waals surface area contributed by atoms with E-state index >= 15 is 0 Å². The predicted molar refractivity (Wildman–Crippen MR) is 112 cm³/mol. The van der Waals surface area contributed by atoms with Gasteiger partial charge in [0, 0.05) is 11.1 Å². The molecule has 0 rings (SSSR count). The van der Waals surface area contributed by atoms with Crippen LogP contribution in [0, 0.1) is 5.92 Å². The second-order valence-electron chi connectivity index (χ2n) is 9.07. The lowest BCUT2D eigenvalue weighted by Crippen LogP contribution is -2.52. The van der Waals surface area contributed by atoms with Crippen LogP contribution in [0.2, 0.25) is 51.9 Å². The first-order chi connectivity index (χ1) is 11.5. The minimum atomic E-state index is -2.45. The zero-order valence-electron chi connectivity index (χ0n) is 17.7. The van der Waals surface area contributed by atoms with E-state index in [0.717, 1.165) is 0 Å². The third-order valence-corrected chi connectivity index (χ3v) is 13.1. The van der Waals surface area contributed by atoms with Crippen molar-refractivity contribution in [1.82, 2.24) is 0 Å². The zero-order chi connectivity index (χ0) is 20.9. The molecule has 0 aromatic rings. The van der Waals surface area contributed by atoms with E-state index in [1.807, 2.05) is 6.55 Å². The summed E-state index contributed by atoms with van der Waals surface area (Å²) in [7, 11) is -6.08. The van der Waals surface area contributed by atoms with E-state index in [-0.39, 0.29) is 23.5 Å². The van der Waals surface area contributed by atoms with Crippen molar-refractivity contribution in [3.63, 3.8) is 0 Å². The normalized spacial score (nSPS) is 14.4. The first-order valence-corrected chi connectivity index (χ1v) is 18.4. The lowest BCUT2D eigenvalue weighted by molar-refractivity contribution is -0.136. The molecule has 0 heterocycles. The molecule has 0 amide bonds. The molecule has 0 aliphatic carbocycles. The molecule has 0 spiro atoms. The molecule has 0 atom stereocenters. The number of hydrogen-bond donors (Lipinski definition) is 2. The maximum absolute atomic E-state index is 11.6. The van der Waals surface area contributed by atoms with Crippen molar-refractivity contribution in [1.29, 1.82) is 0 Å². The van der Waals surface area contributed by atoms with Crippen molar-refractivity contribution in [3.05, 3.63) is 11.1 Å². The van der Waals surface area contributed by atoms with Crippen molar-refractivity contribution < 1.29 is 28.0 Å². The first kappa shape index (κ1) is 25.3. The highest BCUT2D eigenvalue weighted by Crippen LogP contribution is 2.28. The van der Waals surface area contributed by atoms with Crippen LogP contribution in [0.1, 0.15) is 26.7 Å². The second kappa shape index (κ2) is 9.45. The minimum Gasteiger partial charge on any atom is -0.478 e. The molecular weight excluding hydrogens is 384 g/mol. The van der Waals surface area contributed by atoms with Gasteiger partial charge in [0.05, 0.1) is 0 Å². The van der Waals surface area contributed by atoms with E-state index in [1.165, 1.54) is 0 Å². The third-order valence-electron chi connectivity index (χ3n) is 3.49. The summed E-state index contributed by atoms with van der Waals surface area (Å²) in [5.41, 5.74) is -0.0250. The van der Waals surface area contributed by atoms with E-state index < -0.39 is 37.1 Å². The number of carbonyl (C=O) groups is 2. The van der Waals surface area contributed by atoms with E-state index in [1.54, 1.807) is 13.8 Å². The van der Waals surface area contributed by atoms with Crippen molar-refractivity contribution in [2.24, 2.45) is 5.92 Å². The Morgan fingerprint density at radius 2 is 1.27 bits per heavy atom. The van der Waals surface area contributed by atoms with Crippen molar-refractivity contribution in [2.75, 3.05) is 0 Å². The number of carboxylic acids is 2. The average Bonchev–Trinajstić information content (AvgIpc) is 2.30. The van der Waals surface area contributed by atoms with Gasteiger partial charge < -0.3 is 18.4 Å². The van der Waals surface area contributed by atoms with Crippen molar-refractivity contribution >= 4 is 37.1 Å². The maximum Gasteiger partial charge on any atom is 0.332 e. The molecule has 0 bridgehead atoms. The standard InChI is InChI=1S/C17H36O6Si3/c1-13(2)15(17(20)21)14(16(18)19)11-10-12-26(9,22-24(3,4)5)23-25(6,7)8/h13H,10-12H2,1-9H3,(H,18,19)(H,20,21)/b15-14+. The van der Waals surface area contributed by atoms with Gasteiger partial charge in [-0.2, -0.15) is 0 Å².